The maximum absolute atomic E-state index is 14.8. The van der Waals surface area contributed by atoms with Crippen molar-refractivity contribution < 1.29 is 4.39 Å². The van der Waals surface area contributed by atoms with E-state index in [-0.39, 0.29) is 11.8 Å². The molecule has 3 heteroatoms. The molecular formula is C17H23FN2. The zero-order valence-corrected chi connectivity index (χ0v) is 12.7. The highest BCUT2D eigenvalue weighted by Crippen LogP contribution is 2.29. The summed E-state index contributed by atoms with van der Waals surface area (Å²) < 4.78 is 14.8. The standard InChI is InChI=1S/C17H23FN2/c1-16(2,3)10-14-12-19-15(20-14)11-17(4,18)13-8-6-5-7-9-13/h5-9,12H,10-11H2,1-4H3,(H,19,20). The molecule has 1 N–H and O–H groups in total. The van der Waals surface area contributed by atoms with E-state index < -0.39 is 5.67 Å². The SMILES string of the molecule is CC(C)(C)Cc1cnc(CC(C)(F)c2ccccc2)[nH]1. The number of H-pyrrole nitrogens is 1. The fraction of sp³-hybridized carbons (Fsp3) is 0.471. The lowest BCUT2D eigenvalue weighted by molar-refractivity contribution is 0.188. The summed E-state index contributed by atoms with van der Waals surface area (Å²) in [5.74, 6) is 0.707. The van der Waals surface area contributed by atoms with Crippen LogP contribution in [0.5, 0.6) is 0 Å². The molecule has 1 atom stereocenters. The second-order valence-electron chi connectivity index (χ2n) is 6.83. The van der Waals surface area contributed by atoms with Crippen molar-refractivity contribution in [2.24, 2.45) is 5.41 Å². The summed E-state index contributed by atoms with van der Waals surface area (Å²) in [6, 6.07) is 9.26. The maximum Gasteiger partial charge on any atom is 0.140 e. The van der Waals surface area contributed by atoms with Gasteiger partial charge in [0.15, 0.2) is 0 Å². The Morgan fingerprint density at radius 1 is 1.05 bits per heavy atom. The predicted octanol–water partition coefficient (Wildman–Crippen LogP) is 4.43. The number of hydrogen-bond donors (Lipinski definition) is 1. The van der Waals surface area contributed by atoms with Crippen molar-refractivity contribution >= 4 is 0 Å². The molecule has 0 aliphatic heterocycles. The van der Waals surface area contributed by atoms with Gasteiger partial charge in [0, 0.05) is 18.3 Å². The van der Waals surface area contributed by atoms with E-state index in [2.05, 4.69) is 30.7 Å². The molecule has 20 heavy (non-hydrogen) atoms. The summed E-state index contributed by atoms with van der Waals surface area (Å²) in [4.78, 5) is 7.56. The zero-order valence-electron chi connectivity index (χ0n) is 12.7. The Labute approximate surface area is 120 Å². The maximum atomic E-state index is 14.8. The molecule has 0 radical (unpaired) electrons. The van der Waals surface area contributed by atoms with Crippen molar-refractivity contribution in [3.63, 3.8) is 0 Å². The van der Waals surface area contributed by atoms with Crippen LogP contribution in [0, 0.1) is 5.41 Å². The van der Waals surface area contributed by atoms with Crippen molar-refractivity contribution in [2.45, 2.75) is 46.2 Å². The van der Waals surface area contributed by atoms with Crippen LogP contribution in [0.4, 0.5) is 4.39 Å². The Morgan fingerprint density at radius 3 is 2.30 bits per heavy atom. The van der Waals surface area contributed by atoms with Crippen LogP contribution >= 0.6 is 0 Å². The van der Waals surface area contributed by atoms with Crippen LogP contribution in [0.3, 0.4) is 0 Å². The number of nitrogens with one attached hydrogen (secondary N) is 1. The molecule has 1 aromatic carbocycles. The summed E-state index contributed by atoms with van der Waals surface area (Å²) in [7, 11) is 0. The molecule has 0 saturated carbocycles. The Hall–Kier alpha value is -1.64. The lowest BCUT2D eigenvalue weighted by Crippen LogP contribution is -2.19. The van der Waals surface area contributed by atoms with Gasteiger partial charge in [0.05, 0.1) is 0 Å². The van der Waals surface area contributed by atoms with Crippen LogP contribution in [0.1, 0.15) is 44.8 Å². The molecule has 1 aromatic heterocycles. The first kappa shape index (κ1) is 14.8. The Morgan fingerprint density at radius 2 is 1.70 bits per heavy atom. The first-order valence-corrected chi connectivity index (χ1v) is 7.03. The monoisotopic (exact) mass is 274 g/mol. The van der Waals surface area contributed by atoms with E-state index in [1.54, 1.807) is 6.92 Å². The zero-order chi connectivity index (χ0) is 14.8. The number of nitrogens with zero attached hydrogens (tertiary/aromatic N) is 1. The van der Waals surface area contributed by atoms with Gasteiger partial charge in [-0.25, -0.2) is 9.37 Å². The van der Waals surface area contributed by atoms with Gasteiger partial charge in [-0.15, -0.1) is 0 Å². The molecule has 2 aromatic rings. The molecule has 0 fully saturated rings. The van der Waals surface area contributed by atoms with Gasteiger partial charge in [0.25, 0.3) is 0 Å². The molecule has 0 spiro atoms. The molecule has 2 rings (SSSR count). The number of imidazole rings is 1. The van der Waals surface area contributed by atoms with Gasteiger partial charge in [0.1, 0.15) is 11.5 Å². The van der Waals surface area contributed by atoms with Crippen LogP contribution in [-0.2, 0) is 18.5 Å². The molecule has 0 aliphatic carbocycles. The molecular weight excluding hydrogens is 251 g/mol. The lowest BCUT2D eigenvalue weighted by Gasteiger charge is -2.19. The highest BCUT2D eigenvalue weighted by Gasteiger charge is 2.27. The first-order valence-electron chi connectivity index (χ1n) is 7.03. The number of aromatic nitrogens is 2. The highest BCUT2D eigenvalue weighted by molar-refractivity contribution is 5.23. The fourth-order valence-corrected chi connectivity index (χ4v) is 2.36. The van der Waals surface area contributed by atoms with Crippen molar-refractivity contribution in [2.75, 3.05) is 0 Å². The average molecular weight is 274 g/mol. The van der Waals surface area contributed by atoms with E-state index >= 15 is 0 Å². The largest absolute Gasteiger partial charge is 0.346 e. The predicted molar refractivity (Wildman–Crippen MR) is 80.4 cm³/mol. The minimum absolute atomic E-state index is 0.197. The third-order valence-electron chi connectivity index (χ3n) is 3.28. The minimum Gasteiger partial charge on any atom is -0.346 e. The molecule has 1 unspecified atom stereocenters. The van der Waals surface area contributed by atoms with Crippen LogP contribution in [0.25, 0.3) is 0 Å². The second kappa shape index (κ2) is 5.39. The van der Waals surface area contributed by atoms with Gasteiger partial charge in [0.2, 0.25) is 0 Å². The van der Waals surface area contributed by atoms with Gasteiger partial charge < -0.3 is 4.98 Å². The van der Waals surface area contributed by atoms with E-state index in [4.69, 9.17) is 0 Å². The number of aromatic amines is 1. The van der Waals surface area contributed by atoms with Crippen LogP contribution in [0.2, 0.25) is 0 Å². The van der Waals surface area contributed by atoms with E-state index in [0.717, 1.165) is 12.1 Å². The van der Waals surface area contributed by atoms with Crippen LogP contribution in [0.15, 0.2) is 36.5 Å². The van der Waals surface area contributed by atoms with E-state index in [0.29, 0.717) is 11.4 Å². The highest BCUT2D eigenvalue weighted by atomic mass is 19.1. The third-order valence-corrected chi connectivity index (χ3v) is 3.28. The normalized spacial score (nSPS) is 15.1. The molecule has 0 bridgehead atoms. The third kappa shape index (κ3) is 3.92. The summed E-state index contributed by atoms with van der Waals surface area (Å²) in [6.07, 6.45) is 3.00. The molecule has 2 nitrogen and oxygen atoms in total. The van der Waals surface area contributed by atoms with Crippen LogP contribution < -0.4 is 0 Å². The number of rotatable bonds is 4. The molecule has 0 aliphatic rings. The first-order chi connectivity index (χ1) is 9.26. The van der Waals surface area contributed by atoms with Crippen LogP contribution in [-0.4, -0.2) is 9.97 Å². The van der Waals surface area contributed by atoms with Gasteiger partial charge in [-0.05, 0) is 24.3 Å². The second-order valence-corrected chi connectivity index (χ2v) is 6.83. The van der Waals surface area contributed by atoms with Gasteiger partial charge in [-0.3, -0.25) is 0 Å². The van der Waals surface area contributed by atoms with Gasteiger partial charge in [-0.1, -0.05) is 51.1 Å². The molecule has 108 valence electrons. The van der Waals surface area contributed by atoms with E-state index in [1.807, 2.05) is 36.5 Å². The fourth-order valence-electron chi connectivity index (χ4n) is 2.36. The number of benzene rings is 1. The lowest BCUT2D eigenvalue weighted by atomic mass is 9.91. The minimum atomic E-state index is -1.40. The molecule has 0 amide bonds. The van der Waals surface area contributed by atoms with Crippen molar-refractivity contribution in [1.29, 1.82) is 0 Å². The van der Waals surface area contributed by atoms with E-state index in [1.165, 1.54) is 0 Å². The van der Waals surface area contributed by atoms with Gasteiger partial charge in [-0.2, -0.15) is 0 Å². The van der Waals surface area contributed by atoms with Crippen molar-refractivity contribution in [3.8, 4) is 0 Å². The molecule has 0 saturated heterocycles. The number of alkyl halides is 1. The smallest absolute Gasteiger partial charge is 0.140 e. The number of halogens is 1. The summed E-state index contributed by atoms with van der Waals surface area (Å²) >= 11 is 0. The molecule has 1 heterocycles. The summed E-state index contributed by atoms with van der Waals surface area (Å²) in [5, 5.41) is 0. The van der Waals surface area contributed by atoms with Gasteiger partial charge >= 0.3 is 0 Å². The van der Waals surface area contributed by atoms with E-state index in [9.17, 15) is 4.39 Å². The Kier molecular flexibility index (Phi) is 3.98. The number of hydrogen-bond acceptors (Lipinski definition) is 1. The Balaban J connectivity index is 2.10. The quantitative estimate of drug-likeness (QED) is 0.878. The summed E-state index contributed by atoms with van der Waals surface area (Å²) in [5.41, 5.74) is 0.547. The van der Waals surface area contributed by atoms with Crippen molar-refractivity contribution in [3.05, 3.63) is 53.6 Å². The Bertz CT molecular complexity index is 550. The average Bonchev–Trinajstić information content (AvgIpc) is 2.74. The topological polar surface area (TPSA) is 28.7 Å². The van der Waals surface area contributed by atoms with Crippen molar-refractivity contribution in [1.82, 2.24) is 9.97 Å². The summed E-state index contributed by atoms with van der Waals surface area (Å²) in [6.45, 7) is 8.14.